The fourth-order valence-corrected chi connectivity index (χ4v) is 14.8. The number of hydrogen-bond acceptors (Lipinski definition) is 11. The Morgan fingerprint density at radius 3 is 2.58 bits per heavy atom. The van der Waals surface area contributed by atoms with Crippen LogP contribution in [0.2, 0.25) is 0 Å². The van der Waals surface area contributed by atoms with Gasteiger partial charge in [-0.15, -0.1) is 6.42 Å². The lowest BCUT2D eigenvalue weighted by Crippen LogP contribution is -2.48. The minimum absolute atomic E-state index is 0.00512. The van der Waals surface area contributed by atoms with Gasteiger partial charge in [0.2, 0.25) is 5.91 Å². The number of carbonyl (C=O) groups excluding carboxylic acids is 2. The summed E-state index contributed by atoms with van der Waals surface area (Å²) >= 11 is 0. The number of hydrogen-bond donors (Lipinski definition) is 1. The highest BCUT2D eigenvalue weighted by Gasteiger charge is 2.50. The lowest BCUT2D eigenvalue weighted by Gasteiger charge is -2.36. The molecule has 6 fully saturated rings. The summed E-state index contributed by atoms with van der Waals surface area (Å²) in [4.78, 5) is 47.0. The molecule has 0 bridgehead atoms. The van der Waals surface area contributed by atoms with E-state index in [1.807, 2.05) is 28.8 Å². The van der Waals surface area contributed by atoms with E-state index >= 15 is 8.78 Å². The molecule has 5 saturated heterocycles. The summed E-state index contributed by atoms with van der Waals surface area (Å²) in [6.07, 6.45) is 20.9. The van der Waals surface area contributed by atoms with Gasteiger partial charge in [0.15, 0.2) is 5.82 Å². The van der Waals surface area contributed by atoms with E-state index in [2.05, 4.69) is 39.2 Å². The van der Waals surface area contributed by atoms with E-state index in [0.29, 0.717) is 97.4 Å². The lowest BCUT2D eigenvalue weighted by molar-refractivity contribution is -0.122. The number of ether oxygens (including phenoxy) is 3. The third-order valence-electron chi connectivity index (χ3n) is 19.0. The van der Waals surface area contributed by atoms with Crippen molar-refractivity contribution in [1.29, 1.82) is 0 Å². The highest BCUT2D eigenvalue weighted by Crippen LogP contribution is 2.46. The number of likely N-dealkylation sites (tertiary alicyclic amines) is 1. The van der Waals surface area contributed by atoms with Gasteiger partial charge in [-0.1, -0.05) is 42.3 Å². The minimum atomic E-state index is -0.632. The zero-order valence-electron chi connectivity index (χ0n) is 44.2. The van der Waals surface area contributed by atoms with Gasteiger partial charge in [-0.25, -0.2) is 18.6 Å². The molecule has 0 radical (unpaired) electrons. The maximum absolute atomic E-state index is 17.5. The summed E-state index contributed by atoms with van der Waals surface area (Å²) in [7, 11) is 2.04. The molecule has 1 saturated carbocycles. The normalized spacial score (nSPS) is 26.1. The molecule has 6 aliphatic heterocycles. The van der Waals surface area contributed by atoms with Crippen LogP contribution in [0.25, 0.3) is 43.8 Å². The van der Waals surface area contributed by atoms with Gasteiger partial charge in [-0.3, -0.25) is 14.4 Å². The van der Waals surface area contributed by atoms with E-state index in [1.54, 1.807) is 12.1 Å². The van der Waals surface area contributed by atoms with Crippen molar-refractivity contribution in [2.75, 3.05) is 64.1 Å². The third kappa shape index (κ3) is 9.32. The monoisotopic (exact) mass is 1050 g/mol. The Morgan fingerprint density at radius 2 is 1.75 bits per heavy atom. The van der Waals surface area contributed by atoms with Gasteiger partial charge in [0.25, 0.3) is 0 Å². The molecular formula is C61H69F2N9O5. The maximum Gasteiger partial charge on any atom is 0.409 e. The molecule has 77 heavy (non-hydrogen) atoms. The predicted octanol–water partition coefficient (Wildman–Crippen LogP) is 10.1. The second-order valence-electron chi connectivity index (χ2n) is 23.3. The number of fused-ring (bicyclic) bond motifs is 5. The zero-order chi connectivity index (χ0) is 52.4. The van der Waals surface area contributed by atoms with Crippen LogP contribution in [-0.4, -0.2) is 123 Å². The third-order valence-corrected chi connectivity index (χ3v) is 19.0. The first kappa shape index (κ1) is 50.1. The average Bonchev–Trinajstić information content (AvgIpc) is 4.06. The van der Waals surface area contributed by atoms with Crippen LogP contribution in [0, 0.1) is 35.8 Å². The molecule has 16 heteroatoms. The van der Waals surface area contributed by atoms with Gasteiger partial charge in [-0.2, -0.15) is 15.1 Å². The molecule has 3 aromatic heterocycles. The number of piperidine rings is 2. The lowest BCUT2D eigenvalue weighted by atomic mass is 9.74. The number of nitrogens with zero attached hydrogens (tertiary/aromatic N) is 8. The number of amides is 2. The molecule has 13 rings (SSSR count). The Kier molecular flexibility index (Phi) is 13.5. The van der Waals surface area contributed by atoms with Crippen molar-refractivity contribution < 1.29 is 32.6 Å². The van der Waals surface area contributed by atoms with Crippen molar-refractivity contribution >= 4 is 50.4 Å². The van der Waals surface area contributed by atoms with Crippen molar-refractivity contribution in [1.82, 2.24) is 39.8 Å². The summed E-state index contributed by atoms with van der Waals surface area (Å²) in [5.74, 6) is 4.22. The first-order valence-electron chi connectivity index (χ1n) is 28.6. The fourth-order valence-electron chi connectivity index (χ4n) is 14.8. The maximum atomic E-state index is 17.5. The molecule has 1 aliphatic carbocycles. The molecule has 2 amide bonds. The summed E-state index contributed by atoms with van der Waals surface area (Å²) < 4.78 is 53.5. The Bertz CT molecular complexity index is 3300. The summed E-state index contributed by atoms with van der Waals surface area (Å²) in [6, 6.07) is 15.5. The molecular weight excluding hydrogens is 977 g/mol. The second kappa shape index (κ2) is 20.7. The summed E-state index contributed by atoms with van der Waals surface area (Å²) in [5, 5.41) is 10.8. The van der Waals surface area contributed by atoms with Crippen molar-refractivity contribution in [3.63, 3.8) is 0 Å². The zero-order valence-corrected chi connectivity index (χ0v) is 44.2. The number of terminal acetylenes is 1. The van der Waals surface area contributed by atoms with Crippen molar-refractivity contribution in [2.45, 2.75) is 132 Å². The number of pyridine rings is 1. The topological polar surface area (TPSA) is 140 Å². The van der Waals surface area contributed by atoms with Gasteiger partial charge < -0.3 is 29.3 Å². The van der Waals surface area contributed by atoms with E-state index < -0.39 is 11.6 Å². The SMILES string of the molecule is C#Cc1c(F)ccc2cccc(-c3nc4c5c(nc(OC[C@@]67CCCN6[C@H](COC(=O)N6CCC(CC8CCC(c9ccc%10c(C%11CCC(=O)NC%11)nn(C)c%10c9)CC8)CC6)CC7)nc5c3F)N3CCCOC[C@@H]3CC4)c12. The van der Waals surface area contributed by atoms with Crippen LogP contribution >= 0.6 is 0 Å². The Labute approximate surface area is 448 Å². The number of carbonyl (C=O) groups is 2. The molecule has 1 unspecified atom stereocenters. The highest BCUT2D eigenvalue weighted by atomic mass is 19.1. The van der Waals surface area contributed by atoms with E-state index in [1.165, 1.54) is 54.6 Å². The second-order valence-corrected chi connectivity index (χ2v) is 23.3. The number of rotatable bonds is 10. The van der Waals surface area contributed by atoms with Crippen molar-refractivity contribution in [3.8, 4) is 29.6 Å². The van der Waals surface area contributed by atoms with Gasteiger partial charge >= 0.3 is 12.1 Å². The van der Waals surface area contributed by atoms with E-state index in [-0.39, 0.29) is 58.3 Å². The van der Waals surface area contributed by atoms with Crippen LogP contribution in [-0.2, 0) is 27.7 Å². The van der Waals surface area contributed by atoms with Crippen LogP contribution in [0.1, 0.15) is 131 Å². The largest absolute Gasteiger partial charge is 0.461 e. The van der Waals surface area contributed by atoms with Gasteiger partial charge in [0.05, 0.1) is 46.0 Å². The van der Waals surface area contributed by atoms with Crippen molar-refractivity contribution in [3.05, 3.63) is 82.7 Å². The van der Waals surface area contributed by atoms with Gasteiger partial charge in [0.1, 0.15) is 36.1 Å². The Morgan fingerprint density at radius 1 is 0.896 bits per heavy atom. The van der Waals surface area contributed by atoms with E-state index in [4.69, 9.17) is 40.7 Å². The molecule has 14 nitrogen and oxygen atoms in total. The van der Waals surface area contributed by atoms with Crippen LogP contribution in [0.4, 0.5) is 19.4 Å². The van der Waals surface area contributed by atoms with Crippen LogP contribution in [0.3, 0.4) is 0 Å². The molecule has 6 aromatic rings. The fraction of sp³-hybridized carbons (Fsp3) is 0.541. The summed E-state index contributed by atoms with van der Waals surface area (Å²) in [5.41, 5.74) is 4.74. The first-order chi connectivity index (χ1) is 37.6. The van der Waals surface area contributed by atoms with Crippen LogP contribution in [0.5, 0.6) is 6.01 Å². The number of aryl methyl sites for hydroxylation is 2. The number of benzene rings is 3. The molecule has 7 aliphatic rings. The highest BCUT2D eigenvalue weighted by molar-refractivity contribution is 6.03. The predicted molar refractivity (Wildman–Crippen MR) is 291 cm³/mol. The summed E-state index contributed by atoms with van der Waals surface area (Å²) in [6.45, 7) is 5.48. The molecule has 3 aromatic carbocycles. The quantitative estimate of drug-likeness (QED) is 0.131. The van der Waals surface area contributed by atoms with Crippen LogP contribution < -0.4 is 15.0 Å². The number of aromatic nitrogens is 5. The molecule has 1 N–H and O–H groups in total. The van der Waals surface area contributed by atoms with Crippen molar-refractivity contribution in [2.24, 2.45) is 18.9 Å². The molecule has 9 heterocycles. The van der Waals surface area contributed by atoms with E-state index in [9.17, 15) is 9.59 Å². The number of anilines is 1. The van der Waals surface area contributed by atoms with Crippen LogP contribution in [0.15, 0.2) is 48.5 Å². The molecule has 402 valence electrons. The Hall–Kier alpha value is -6.44. The molecule has 0 spiro atoms. The molecule has 4 atom stereocenters. The number of halogens is 2. The van der Waals surface area contributed by atoms with Gasteiger partial charge in [-0.05, 0) is 144 Å². The Balaban J connectivity index is 0.636. The number of nitrogens with one attached hydrogen (secondary N) is 1. The average molecular weight is 1050 g/mol. The standard InChI is InChI=1S/C61H69F2N9O5/c1-3-45-48(62)18-14-40-7-4-8-47(52(40)45)56-54(63)57-53-49(65-56)19-16-43-34-75-30-6-26-71(43)58(53)67-59(66-57)77-36-61-24-5-27-72(61)44(21-25-61)35-76-60(74)70-28-22-38(23-29-70)31-37-9-11-39(12-10-37)41-13-17-46-50(32-41)69(2)68-55(46)42-15-20-51(73)64-33-42/h1,4,7-8,13-14,17-18,32,37-39,42-44H,5-6,9-12,15-16,19-31,33-36H2,2H3,(H,64,73)/t37?,39?,42?,43-,44-,61-/m0/s1. The van der Waals surface area contributed by atoms with E-state index in [0.717, 1.165) is 89.0 Å². The minimum Gasteiger partial charge on any atom is -0.461 e. The van der Waals surface area contributed by atoms with Gasteiger partial charge in [0, 0.05) is 74.6 Å². The first-order valence-corrected chi connectivity index (χ1v) is 28.6. The smallest absolute Gasteiger partial charge is 0.409 e.